The predicted molar refractivity (Wildman–Crippen MR) is 96.4 cm³/mol. The second kappa shape index (κ2) is 8.23. The van der Waals surface area contributed by atoms with E-state index in [1.807, 2.05) is 25.2 Å². The molecule has 2 heterocycles. The zero-order valence-electron chi connectivity index (χ0n) is 15.5. The van der Waals surface area contributed by atoms with Crippen LogP contribution in [0.2, 0.25) is 0 Å². The van der Waals surface area contributed by atoms with Gasteiger partial charge in [-0.3, -0.25) is 4.79 Å². The molecular weight excluding hydrogens is 334 g/mol. The molecule has 0 saturated carbocycles. The summed E-state index contributed by atoms with van der Waals surface area (Å²) in [5.74, 6) is 2.11. The minimum Gasteiger partial charge on any atom is -0.497 e. The van der Waals surface area contributed by atoms with E-state index in [1.165, 1.54) is 6.26 Å². The summed E-state index contributed by atoms with van der Waals surface area (Å²) in [6.07, 6.45) is 2.51. The number of carbonyl (C=O) groups excluding carboxylic acids is 1. The summed E-state index contributed by atoms with van der Waals surface area (Å²) in [7, 11) is 5.51. The molecule has 1 fully saturated rings. The molecule has 0 aliphatic carbocycles. The molecule has 2 aromatic rings. The van der Waals surface area contributed by atoms with Crippen molar-refractivity contribution in [2.75, 3.05) is 40.8 Å². The van der Waals surface area contributed by atoms with Crippen molar-refractivity contribution >= 4 is 5.91 Å². The van der Waals surface area contributed by atoms with Crippen molar-refractivity contribution < 1.29 is 18.7 Å². The molecule has 1 amide bonds. The Morgan fingerprint density at radius 1 is 1.42 bits per heavy atom. The monoisotopic (exact) mass is 359 g/mol. The third-order valence-electron chi connectivity index (χ3n) is 4.54. The summed E-state index contributed by atoms with van der Waals surface area (Å²) in [6.45, 7) is 2.99. The van der Waals surface area contributed by atoms with E-state index in [-0.39, 0.29) is 12.5 Å². The first-order chi connectivity index (χ1) is 12.5. The minimum atomic E-state index is -0.129. The summed E-state index contributed by atoms with van der Waals surface area (Å²) in [5, 5.41) is 0. The maximum Gasteiger partial charge on any atom is 0.275 e. The van der Waals surface area contributed by atoms with Crippen molar-refractivity contribution in [1.82, 2.24) is 14.8 Å². The molecule has 0 radical (unpaired) electrons. The van der Waals surface area contributed by atoms with Gasteiger partial charge in [-0.25, -0.2) is 4.98 Å². The molecule has 140 valence electrons. The van der Waals surface area contributed by atoms with Crippen LogP contribution in [-0.4, -0.2) is 61.5 Å². The Hall–Kier alpha value is -2.54. The lowest BCUT2D eigenvalue weighted by molar-refractivity contribution is 0.0768. The lowest BCUT2D eigenvalue weighted by atomic mass is 10.1. The number of oxazole rings is 1. The maximum absolute atomic E-state index is 12.5. The Balaban J connectivity index is 1.54. The smallest absolute Gasteiger partial charge is 0.275 e. The van der Waals surface area contributed by atoms with Crippen LogP contribution in [0, 0.1) is 5.92 Å². The Morgan fingerprint density at radius 2 is 2.23 bits per heavy atom. The van der Waals surface area contributed by atoms with Gasteiger partial charge in [0.1, 0.15) is 17.8 Å². The van der Waals surface area contributed by atoms with Crippen molar-refractivity contribution in [3.8, 4) is 11.5 Å². The third-order valence-corrected chi connectivity index (χ3v) is 4.54. The minimum absolute atomic E-state index is 0.129. The lowest BCUT2D eigenvalue weighted by Gasteiger charge is -2.20. The van der Waals surface area contributed by atoms with Gasteiger partial charge in [0.25, 0.3) is 5.91 Å². The largest absolute Gasteiger partial charge is 0.497 e. The van der Waals surface area contributed by atoms with E-state index in [9.17, 15) is 4.79 Å². The van der Waals surface area contributed by atoms with Crippen molar-refractivity contribution in [3.05, 3.63) is 42.1 Å². The van der Waals surface area contributed by atoms with E-state index in [1.54, 1.807) is 18.1 Å². The van der Waals surface area contributed by atoms with Gasteiger partial charge in [0, 0.05) is 26.2 Å². The fourth-order valence-electron chi connectivity index (χ4n) is 3.15. The molecule has 1 atom stereocenters. The molecule has 7 nitrogen and oxygen atoms in total. The molecule has 26 heavy (non-hydrogen) atoms. The Bertz CT molecular complexity index is 746. The van der Waals surface area contributed by atoms with Crippen LogP contribution in [0.25, 0.3) is 0 Å². The highest BCUT2D eigenvalue weighted by molar-refractivity contribution is 5.91. The van der Waals surface area contributed by atoms with E-state index < -0.39 is 0 Å². The van der Waals surface area contributed by atoms with Crippen molar-refractivity contribution in [1.29, 1.82) is 0 Å². The summed E-state index contributed by atoms with van der Waals surface area (Å²) in [6, 6.07) is 7.28. The van der Waals surface area contributed by atoms with Gasteiger partial charge in [0.15, 0.2) is 12.3 Å². The highest BCUT2D eigenvalue weighted by Gasteiger charge is 2.24. The average molecular weight is 359 g/mol. The van der Waals surface area contributed by atoms with Crippen molar-refractivity contribution in [3.63, 3.8) is 0 Å². The first-order valence-corrected chi connectivity index (χ1v) is 8.70. The van der Waals surface area contributed by atoms with E-state index >= 15 is 0 Å². The lowest BCUT2D eigenvalue weighted by Crippen LogP contribution is -2.33. The predicted octanol–water partition coefficient (Wildman–Crippen LogP) is 2.29. The van der Waals surface area contributed by atoms with Crippen LogP contribution in [0.5, 0.6) is 11.5 Å². The van der Waals surface area contributed by atoms with E-state index in [0.29, 0.717) is 29.0 Å². The molecule has 1 aliphatic rings. The van der Waals surface area contributed by atoms with Gasteiger partial charge in [-0.15, -0.1) is 0 Å². The summed E-state index contributed by atoms with van der Waals surface area (Å²) >= 11 is 0. The molecule has 0 N–H and O–H groups in total. The van der Waals surface area contributed by atoms with Crippen molar-refractivity contribution in [2.24, 2.45) is 5.92 Å². The number of amides is 1. The van der Waals surface area contributed by atoms with Gasteiger partial charge in [-0.2, -0.15) is 0 Å². The molecule has 1 aliphatic heterocycles. The third kappa shape index (κ3) is 4.54. The topological polar surface area (TPSA) is 68.0 Å². The summed E-state index contributed by atoms with van der Waals surface area (Å²) < 4.78 is 16.2. The van der Waals surface area contributed by atoms with Crippen LogP contribution in [0.1, 0.15) is 22.8 Å². The number of rotatable bonds is 7. The van der Waals surface area contributed by atoms with E-state index in [0.717, 1.165) is 26.1 Å². The van der Waals surface area contributed by atoms with Crippen LogP contribution in [0.15, 0.2) is 34.9 Å². The second-order valence-electron chi connectivity index (χ2n) is 6.70. The Kier molecular flexibility index (Phi) is 5.78. The zero-order valence-corrected chi connectivity index (χ0v) is 15.5. The number of nitrogens with zero attached hydrogens (tertiary/aromatic N) is 3. The molecule has 7 heteroatoms. The van der Waals surface area contributed by atoms with Crippen LogP contribution in [0.4, 0.5) is 0 Å². The van der Waals surface area contributed by atoms with Gasteiger partial charge in [0.2, 0.25) is 5.89 Å². The highest BCUT2D eigenvalue weighted by Crippen LogP contribution is 2.20. The first kappa shape index (κ1) is 18.3. The Morgan fingerprint density at radius 3 is 2.96 bits per heavy atom. The molecule has 0 unspecified atom stereocenters. The molecule has 1 aromatic carbocycles. The van der Waals surface area contributed by atoms with Gasteiger partial charge < -0.3 is 23.7 Å². The first-order valence-electron chi connectivity index (χ1n) is 8.70. The number of carbonyl (C=O) groups is 1. The van der Waals surface area contributed by atoms with Crippen LogP contribution in [-0.2, 0) is 6.61 Å². The number of methoxy groups -OCH3 is 1. The normalized spacial score (nSPS) is 17.3. The van der Waals surface area contributed by atoms with Crippen molar-refractivity contribution in [2.45, 2.75) is 13.0 Å². The van der Waals surface area contributed by atoms with Gasteiger partial charge >= 0.3 is 0 Å². The zero-order chi connectivity index (χ0) is 18.5. The van der Waals surface area contributed by atoms with Crippen LogP contribution < -0.4 is 9.47 Å². The second-order valence-corrected chi connectivity index (χ2v) is 6.70. The fourth-order valence-corrected chi connectivity index (χ4v) is 3.15. The highest BCUT2D eigenvalue weighted by atomic mass is 16.5. The van der Waals surface area contributed by atoms with E-state index in [2.05, 4.69) is 16.9 Å². The number of benzene rings is 1. The number of hydrogen-bond donors (Lipinski definition) is 0. The Labute approximate surface area is 153 Å². The fraction of sp³-hybridized carbons (Fsp3) is 0.474. The van der Waals surface area contributed by atoms with Gasteiger partial charge in [-0.1, -0.05) is 6.07 Å². The quantitative estimate of drug-likeness (QED) is 0.756. The maximum atomic E-state index is 12.5. The number of hydrogen-bond acceptors (Lipinski definition) is 6. The standard InChI is InChI=1S/C19H25N3O4/c1-21-8-7-14(10-21)11-22(2)19(23)17-12-26-18(20-17)13-25-16-6-4-5-15(9-16)24-3/h4-6,9,12,14H,7-8,10-11,13H2,1-3H3/t14-/m0/s1. The van der Waals surface area contributed by atoms with Crippen LogP contribution in [0.3, 0.4) is 0 Å². The summed E-state index contributed by atoms with van der Waals surface area (Å²) in [4.78, 5) is 20.8. The van der Waals surface area contributed by atoms with Gasteiger partial charge in [-0.05, 0) is 38.1 Å². The molecule has 0 spiro atoms. The van der Waals surface area contributed by atoms with E-state index in [4.69, 9.17) is 13.9 Å². The molecule has 0 bridgehead atoms. The number of aromatic nitrogens is 1. The number of likely N-dealkylation sites (tertiary alicyclic amines) is 1. The number of ether oxygens (including phenoxy) is 2. The molecular formula is C19H25N3O4. The molecule has 3 rings (SSSR count). The van der Waals surface area contributed by atoms with Crippen LogP contribution >= 0.6 is 0 Å². The molecule has 1 aromatic heterocycles. The average Bonchev–Trinajstić information content (AvgIpc) is 3.28. The van der Waals surface area contributed by atoms with Gasteiger partial charge in [0.05, 0.1) is 7.11 Å². The SMILES string of the molecule is COc1cccc(OCc2nc(C(=O)N(C)C[C@H]3CCN(C)C3)co2)c1. The molecule has 1 saturated heterocycles. The summed E-state index contributed by atoms with van der Waals surface area (Å²) in [5.41, 5.74) is 0.308.